The Morgan fingerprint density at radius 1 is 1.25 bits per heavy atom. The largest absolute Gasteiger partial charge is 0.668 e. The molecule has 0 unspecified atom stereocenters. The summed E-state index contributed by atoms with van der Waals surface area (Å²) in [7, 11) is 3.50. The first kappa shape index (κ1) is 8.82. The SMILES string of the molecule is C[N-]C.[Mo]. The van der Waals surface area contributed by atoms with Crippen molar-refractivity contribution >= 4 is 0 Å². The fourth-order valence-electron chi connectivity index (χ4n) is 0. The van der Waals surface area contributed by atoms with Crippen LogP contribution in [0.1, 0.15) is 0 Å². The van der Waals surface area contributed by atoms with Crippen molar-refractivity contribution < 1.29 is 21.1 Å². The number of hydrogen-bond donors (Lipinski definition) is 0. The molecule has 1 nitrogen and oxygen atoms in total. The molecule has 0 aliphatic heterocycles. The Balaban J connectivity index is 0. The molecular formula is C2H6MoN-. The molecule has 0 saturated carbocycles. The van der Waals surface area contributed by atoms with Gasteiger partial charge in [-0.3, -0.25) is 0 Å². The zero-order valence-electron chi connectivity index (χ0n) is 2.86. The number of nitrogens with zero attached hydrogens (tertiary/aromatic N) is 1. The number of rotatable bonds is 0. The van der Waals surface area contributed by atoms with Gasteiger partial charge in [0.1, 0.15) is 0 Å². The van der Waals surface area contributed by atoms with E-state index in [1.165, 1.54) is 0 Å². The minimum Gasteiger partial charge on any atom is -0.668 e. The van der Waals surface area contributed by atoms with Crippen molar-refractivity contribution in [3.63, 3.8) is 0 Å². The molecule has 0 spiro atoms. The van der Waals surface area contributed by atoms with Crippen molar-refractivity contribution in [3.05, 3.63) is 5.32 Å². The van der Waals surface area contributed by atoms with Crippen LogP contribution < -0.4 is 0 Å². The van der Waals surface area contributed by atoms with Crippen LogP contribution in [-0.2, 0) is 21.1 Å². The summed E-state index contributed by atoms with van der Waals surface area (Å²) in [5, 5.41) is 3.50. The van der Waals surface area contributed by atoms with Gasteiger partial charge in [0.2, 0.25) is 0 Å². The predicted molar refractivity (Wildman–Crippen MR) is 15.2 cm³/mol. The molecule has 0 aromatic carbocycles. The molecule has 0 radical (unpaired) electrons. The second-order valence-corrected chi connectivity index (χ2v) is 0.447. The van der Waals surface area contributed by atoms with E-state index in [9.17, 15) is 0 Å². The maximum absolute atomic E-state index is 3.50. The molecular weight excluding hydrogens is 134 g/mol. The van der Waals surface area contributed by atoms with Crippen LogP contribution in [0.4, 0.5) is 0 Å². The monoisotopic (exact) mass is 142 g/mol. The van der Waals surface area contributed by atoms with Crippen molar-refractivity contribution in [1.29, 1.82) is 0 Å². The molecule has 0 saturated heterocycles. The molecule has 4 heavy (non-hydrogen) atoms. The van der Waals surface area contributed by atoms with Gasteiger partial charge < -0.3 is 5.32 Å². The quantitative estimate of drug-likeness (QED) is 0.438. The third-order valence-corrected chi connectivity index (χ3v) is 0. The summed E-state index contributed by atoms with van der Waals surface area (Å²) < 4.78 is 0. The molecule has 0 aliphatic carbocycles. The molecule has 2 heteroatoms. The topological polar surface area (TPSA) is 14.1 Å². The van der Waals surface area contributed by atoms with Crippen molar-refractivity contribution in [2.24, 2.45) is 0 Å². The van der Waals surface area contributed by atoms with Crippen molar-refractivity contribution in [1.82, 2.24) is 0 Å². The smallest absolute Gasteiger partial charge is 0 e. The van der Waals surface area contributed by atoms with Crippen LogP contribution in [0, 0.1) is 0 Å². The number of hydrogen-bond acceptors (Lipinski definition) is 0. The fraction of sp³-hybridized carbons (Fsp3) is 1.00. The standard InChI is InChI=1S/C2H6N.Mo/c1-3-2;/h1-2H3;/q-1;. The van der Waals surface area contributed by atoms with E-state index in [4.69, 9.17) is 0 Å². The summed E-state index contributed by atoms with van der Waals surface area (Å²) in [6, 6.07) is 0. The van der Waals surface area contributed by atoms with E-state index >= 15 is 0 Å². The first-order chi connectivity index (χ1) is 1.41. The van der Waals surface area contributed by atoms with Crippen LogP contribution in [0.5, 0.6) is 0 Å². The van der Waals surface area contributed by atoms with E-state index < -0.39 is 0 Å². The van der Waals surface area contributed by atoms with E-state index in [1.54, 1.807) is 14.1 Å². The van der Waals surface area contributed by atoms with E-state index in [-0.39, 0.29) is 21.1 Å². The van der Waals surface area contributed by atoms with E-state index in [0.29, 0.717) is 0 Å². The Bertz CT molecular complexity index is 6.00. The molecule has 0 aromatic rings. The van der Waals surface area contributed by atoms with Gasteiger partial charge in [-0.1, -0.05) is 0 Å². The first-order valence-corrected chi connectivity index (χ1v) is 0.894. The first-order valence-electron chi connectivity index (χ1n) is 0.894. The zero-order valence-corrected chi connectivity index (χ0v) is 4.86. The Morgan fingerprint density at radius 2 is 1.25 bits per heavy atom. The Labute approximate surface area is 41.0 Å². The summed E-state index contributed by atoms with van der Waals surface area (Å²) >= 11 is 0. The molecule has 0 heterocycles. The van der Waals surface area contributed by atoms with Gasteiger partial charge in [0.15, 0.2) is 0 Å². The minimum absolute atomic E-state index is 0. The van der Waals surface area contributed by atoms with Gasteiger partial charge in [-0.25, -0.2) is 0 Å². The van der Waals surface area contributed by atoms with Crippen LogP contribution in [0.15, 0.2) is 0 Å². The van der Waals surface area contributed by atoms with Crippen LogP contribution in [0.25, 0.3) is 5.32 Å². The molecule has 0 aliphatic rings. The summed E-state index contributed by atoms with van der Waals surface area (Å²) in [5.74, 6) is 0. The van der Waals surface area contributed by atoms with E-state index in [0.717, 1.165) is 0 Å². The Morgan fingerprint density at radius 3 is 1.25 bits per heavy atom. The van der Waals surface area contributed by atoms with Crippen molar-refractivity contribution in [2.45, 2.75) is 0 Å². The van der Waals surface area contributed by atoms with Crippen LogP contribution in [0.3, 0.4) is 0 Å². The maximum Gasteiger partial charge on any atom is 0 e. The molecule has 26 valence electrons. The van der Waals surface area contributed by atoms with Gasteiger partial charge in [-0.15, -0.1) is 0 Å². The molecule has 0 fully saturated rings. The molecule has 0 amide bonds. The Hall–Kier alpha value is 0.648. The van der Waals surface area contributed by atoms with Crippen molar-refractivity contribution in [3.8, 4) is 0 Å². The third-order valence-electron chi connectivity index (χ3n) is 0. The second-order valence-electron chi connectivity index (χ2n) is 0.447. The molecule has 0 atom stereocenters. The summed E-state index contributed by atoms with van der Waals surface area (Å²) in [4.78, 5) is 0. The van der Waals surface area contributed by atoms with Crippen LogP contribution in [-0.4, -0.2) is 14.1 Å². The molecule has 0 rings (SSSR count). The third kappa shape index (κ3) is 17.1. The van der Waals surface area contributed by atoms with Gasteiger partial charge >= 0.3 is 0 Å². The Kier molecular flexibility index (Phi) is 20.8. The maximum atomic E-state index is 3.50. The fourth-order valence-corrected chi connectivity index (χ4v) is 0. The normalized spacial score (nSPS) is 4.50. The summed E-state index contributed by atoms with van der Waals surface area (Å²) in [5.41, 5.74) is 0. The van der Waals surface area contributed by atoms with Gasteiger partial charge in [0.25, 0.3) is 0 Å². The minimum atomic E-state index is 0. The molecule has 0 aromatic heterocycles. The predicted octanol–water partition coefficient (Wildman–Crippen LogP) is 0.617. The molecule has 0 bridgehead atoms. The van der Waals surface area contributed by atoms with Gasteiger partial charge in [0.05, 0.1) is 0 Å². The van der Waals surface area contributed by atoms with Crippen LogP contribution in [0.2, 0.25) is 0 Å². The van der Waals surface area contributed by atoms with Crippen LogP contribution >= 0.6 is 0 Å². The average molecular weight is 140 g/mol. The van der Waals surface area contributed by atoms with Gasteiger partial charge in [-0.2, -0.15) is 14.1 Å². The van der Waals surface area contributed by atoms with Gasteiger partial charge in [-0.05, 0) is 0 Å². The second kappa shape index (κ2) is 9.42. The van der Waals surface area contributed by atoms with Crippen molar-refractivity contribution in [2.75, 3.05) is 14.1 Å². The summed E-state index contributed by atoms with van der Waals surface area (Å²) in [6.45, 7) is 0. The zero-order chi connectivity index (χ0) is 2.71. The molecule has 0 N–H and O–H groups in total. The average Bonchev–Trinajstić information content (AvgIpc) is 0.918. The summed E-state index contributed by atoms with van der Waals surface area (Å²) in [6.07, 6.45) is 0. The van der Waals surface area contributed by atoms with Gasteiger partial charge in [0, 0.05) is 21.1 Å². The van der Waals surface area contributed by atoms with E-state index in [2.05, 4.69) is 5.32 Å². The van der Waals surface area contributed by atoms with E-state index in [1.807, 2.05) is 0 Å².